The second-order valence-electron chi connectivity index (χ2n) is 7.10. The molecule has 5 rings (SSSR count). The number of thiophene rings is 1. The van der Waals surface area contributed by atoms with Crippen molar-refractivity contribution in [2.75, 3.05) is 5.32 Å². The van der Waals surface area contributed by atoms with E-state index in [9.17, 15) is 9.59 Å². The first-order valence-corrected chi connectivity index (χ1v) is 9.57. The van der Waals surface area contributed by atoms with E-state index in [0.29, 0.717) is 12.0 Å². The third kappa shape index (κ3) is 2.20. The van der Waals surface area contributed by atoms with Crippen LogP contribution in [0.25, 0.3) is 0 Å². The fraction of sp³-hybridized carbons (Fsp3) is 0.368. The third-order valence-electron chi connectivity index (χ3n) is 5.69. The highest BCUT2D eigenvalue weighted by atomic mass is 32.1. The van der Waals surface area contributed by atoms with E-state index in [1.807, 2.05) is 46.7 Å². The maximum atomic E-state index is 12.9. The number of benzene rings is 1. The van der Waals surface area contributed by atoms with Crippen LogP contribution >= 0.6 is 11.3 Å². The van der Waals surface area contributed by atoms with Crippen LogP contribution in [0, 0.1) is 0 Å². The van der Waals surface area contributed by atoms with Gasteiger partial charge in [-0.05, 0) is 36.4 Å². The van der Waals surface area contributed by atoms with Crippen molar-refractivity contribution in [3.05, 3.63) is 52.2 Å². The smallest absolute Gasteiger partial charge is 0.255 e. The molecule has 1 aromatic heterocycles. The third-order valence-corrected chi connectivity index (χ3v) is 6.56. The Morgan fingerprint density at radius 3 is 2.92 bits per heavy atom. The van der Waals surface area contributed by atoms with Crippen molar-refractivity contribution in [2.24, 2.45) is 0 Å². The van der Waals surface area contributed by atoms with Gasteiger partial charge in [-0.2, -0.15) is 0 Å². The van der Waals surface area contributed by atoms with Crippen LogP contribution in [-0.4, -0.2) is 34.5 Å². The Morgan fingerprint density at radius 2 is 2.08 bits per heavy atom. The van der Waals surface area contributed by atoms with Crippen LogP contribution in [0.15, 0.2) is 41.8 Å². The molecule has 2 bridgehead atoms. The van der Waals surface area contributed by atoms with Gasteiger partial charge in [0, 0.05) is 23.0 Å². The van der Waals surface area contributed by atoms with E-state index in [0.717, 1.165) is 29.8 Å². The number of nitrogens with zero attached hydrogens (tertiary/aromatic N) is 1. The standard InChI is InChI=1S/C19H19N3O2S/c23-17(10-13-4-3-9-25-13)22-12-7-8-16(22)19(11-12)20-15-6-2-1-5-14(15)18(24)21-19/h1-6,9,12,16,20H,7-8,10-11H2,(H,21,24). The summed E-state index contributed by atoms with van der Waals surface area (Å²) in [7, 11) is 0. The van der Waals surface area contributed by atoms with Gasteiger partial charge in [0.05, 0.1) is 18.0 Å². The molecule has 3 aliphatic heterocycles. The summed E-state index contributed by atoms with van der Waals surface area (Å²) in [5.41, 5.74) is 1.01. The van der Waals surface area contributed by atoms with E-state index >= 15 is 0 Å². The van der Waals surface area contributed by atoms with Gasteiger partial charge in [-0.1, -0.05) is 18.2 Å². The highest BCUT2D eigenvalue weighted by Gasteiger charge is 2.59. The van der Waals surface area contributed by atoms with Crippen molar-refractivity contribution in [3.63, 3.8) is 0 Å². The van der Waals surface area contributed by atoms with Gasteiger partial charge in [0.2, 0.25) is 5.91 Å². The number of anilines is 1. The fourth-order valence-corrected chi connectivity index (χ4v) is 5.40. The van der Waals surface area contributed by atoms with E-state index in [2.05, 4.69) is 10.6 Å². The fourth-order valence-electron chi connectivity index (χ4n) is 4.71. The van der Waals surface area contributed by atoms with Crippen LogP contribution in [0.2, 0.25) is 0 Å². The zero-order chi connectivity index (χ0) is 17.0. The molecular weight excluding hydrogens is 334 g/mol. The topological polar surface area (TPSA) is 61.4 Å². The minimum Gasteiger partial charge on any atom is -0.360 e. The van der Waals surface area contributed by atoms with Crippen molar-refractivity contribution in [1.29, 1.82) is 0 Å². The van der Waals surface area contributed by atoms with Gasteiger partial charge >= 0.3 is 0 Å². The Kier molecular flexibility index (Phi) is 3.19. The molecule has 2 N–H and O–H groups in total. The Hall–Kier alpha value is -2.34. The maximum Gasteiger partial charge on any atom is 0.255 e. The molecule has 6 heteroatoms. The van der Waals surface area contributed by atoms with Gasteiger partial charge in [0.15, 0.2) is 0 Å². The number of amides is 2. The average molecular weight is 353 g/mol. The van der Waals surface area contributed by atoms with Crippen molar-refractivity contribution >= 4 is 28.8 Å². The molecule has 3 atom stereocenters. The quantitative estimate of drug-likeness (QED) is 0.872. The minimum absolute atomic E-state index is 0.0160. The molecule has 2 aromatic rings. The van der Waals surface area contributed by atoms with Crippen molar-refractivity contribution < 1.29 is 9.59 Å². The molecule has 128 valence electrons. The van der Waals surface area contributed by atoms with Crippen LogP contribution in [0.1, 0.15) is 34.5 Å². The summed E-state index contributed by atoms with van der Waals surface area (Å²) >= 11 is 1.62. The van der Waals surface area contributed by atoms with Crippen LogP contribution < -0.4 is 10.6 Å². The van der Waals surface area contributed by atoms with Crippen molar-refractivity contribution in [1.82, 2.24) is 10.2 Å². The van der Waals surface area contributed by atoms with Crippen molar-refractivity contribution in [3.8, 4) is 0 Å². The molecular formula is C19H19N3O2S. The van der Waals surface area contributed by atoms with Gasteiger partial charge in [-0.15, -0.1) is 11.3 Å². The highest BCUT2D eigenvalue weighted by Crippen LogP contribution is 2.46. The Labute approximate surface area is 150 Å². The van der Waals surface area contributed by atoms with Crippen LogP contribution in [-0.2, 0) is 11.2 Å². The largest absolute Gasteiger partial charge is 0.360 e. The summed E-state index contributed by atoms with van der Waals surface area (Å²) < 4.78 is 0. The highest BCUT2D eigenvalue weighted by molar-refractivity contribution is 7.10. The number of fused-ring (bicyclic) bond motifs is 4. The van der Waals surface area contributed by atoms with Crippen molar-refractivity contribution in [2.45, 2.75) is 43.4 Å². The molecule has 0 aliphatic carbocycles. The van der Waals surface area contributed by atoms with E-state index < -0.39 is 5.66 Å². The number of carbonyl (C=O) groups is 2. The molecule has 25 heavy (non-hydrogen) atoms. The predicted molar refractivity (Wildman–Crippen MR) is 96.6 cm³/mol. The first-order valence-electron chi connectivity index (χ1n) is 8.69. The van der Waals surface area contributed by atoms with Crippen LogP contribution in [0.4, 0.5) is 5.69 Å². The van der Waals surface area contributed by atoms with E-state index in [1.165, 1.54) is 0 Å². The molecule has 2 amide bonds. The van der Waals surface area contributed by atoms with Gasteiger partial charge < -0.3 is 15.5 Å². The minimum atomic E-state index is -0.528. The Balaban J connectivity index is 1.44. The SMILES string of the molecule is O=C1NC2(CC3CCC2N3C(=O)Cc2cccs2)Nc2ccccc21. The molecule has 2 saturated heterocycles. The van der Waals surface area contributed by atoms with Gasteiger partial charge in [-0.3, -0.25) is 9.59 Å². The summed E-state index contributed by atoms with van der Waals surface area (Å²) in [6, 6.07) is 11.8. The number of nitrogens with one attached hydrogen (secondary N) is 2. The number of rotatable bonds is 2. The zero-order valence-corrected chi connectivity index (χ0v) is 14.5. The number of hydrogen-bond donors (Lipinski definition) is 2. The summed E-state index contributed by atoms with van der Waals surface area (Å²) in [6.07, 6.45) is 3.16. The van der Waals surface area contributed by atoms with Gasteiger partial charge in [0.1, 0.15) is 5.66 Å². The first-order chi connectivity index (χ1) is 12.2. The van der Waals surface area contributed by atoms with Crippen LogP contribution in [0.5, 0.6) is 0 Å². The summed E-state index contributed by atoms with van der Waals surface area (Å²) in [5, 5.41) is 8.74. The normalized spacial score (nSPS) is 29.4. The van der Waals surface area contributed by atoms with E-state index in [4.69, 9.17) is 0 Å². The molecule has 3 aliphatic rings. The molecule has 1 aromatic carbocycles. The molecule has 0 saturated carbocycles. The van der Waals surface area contributed by atoms with Crippen LogP contribution in [0.3, 0.4) is 0 Å². The van der Waals surface area contributed by atoms with Gasteiger partial charge in [0.25, 0.3) is 5.91 Å². The van der Waals surface area contributed by atoms with E-state index in [1.54, 1.807) is 11.3 Å². The second kappa shape index (κ2) is 5.33. The average Bonchev–Trinajstić information content (AvgIpc) is 3.30. The lowest BCUT2D eigenvalue weighted by atomic mass is 9.86. The molecule has 2 fully saturated rings. The molecule has 4 heterocycles. The Bertz CT molecular complexity index is 850. The van der Waals surface area contributed by atoms with E-state index in [-0.39, 0.29) is 23.9 Å². The lowest BCUT2D eigenvalue weighted by Gasteiger charge is -2.43. The Morgan fingerprint density at radius 1 is 1.20 bits per heavy atom. The summed E-state index contributed by atoms with van der Waals surface area (Å²) in [4.78, 5) is 28.6. The number of para-hydroxylation sites is 1. The lowest BCUT2D eigenvalue weighted by molar-refractivity contribution is -0.132. The molecule has 3 unspecified atom stereocenters. The molecule has 1 spiro atoms. The maximum absolute atomic E-state index is 12.9. The second-order valence-corrected chi connectivity index (χ2v) is 8.14. The first kappa shape index (κ1) is 15.0. The van der Waals surface area contributed by atoms with Gasteiger partial charge in [-0.25, -0.2) is 0 Å². The molecule has 5 nitrogen and oxygen atoms in total. The summed E-state index contributed by atoms with van der Waals surface area (Å²) in [6.45, 7) is 0. The predicted octanol–water partition coefficient (Wildman–Crippen LogP) is 2.61. The lowest BCUT2D eigenvalue weighted by Crippen LogP contribution is -2.64. The zero-order valence-electron chi connectivity index (χ0n) is 13.7. The number of carbonyl (C=O) groups excluding carboxylic acids is 2. The summed E-state index contributed by atoms with van der Waals surface area (Å²) in [5.74, 6) is 0.120. The number of hydrogen-bond acceptors (Lipinski definition) is 4. The monoisotopic (exact) mass is 353 g/mol. The molecule has 0 radical (unpaired) electrons.